The van der Waals surface area contributed by atoms with Crippen LogP contribution in [0.25, 0.3) is 0 Å². The molecule has 10 heteroatoms. The van der Waals surface area contributed by atoms with Crippen molar-refractivity contribution >= 4 is 38.7 Å². The lowest BCUT2D eigenvalue weighted by Gasteiger charge is -2.15. The number of anilines is 2. The van der Waals surface area contributed by atoms with E-state index in [9.17, 15) is 21.6 Å². The fourth-order valence-corrected chi connectivity index (χ4v) is 2.78. The third kappa shape index (κ3) is 8.23. The Morgan fingerprint density at radius 1 is 1.03 bits per heavy atom. The summed E-state index contributed by atoms with van der Waals surface area (Å²) in [5, 5.41) is 4.40. The molecule has 5 nitrogen and oxygen atoms in total. The number of halogens is 4. The Bertz CT molecular complexity index is 903. The predicted octanol–water partition coefficient (Wildman–Crippen LogP) is 6.88. The fourth-order valence-electron chi connectivity index (χ4n) is 2.02. The highest BCUT2D eigenvalue weighted by atomic mass is 35.5. The van der Waals surface area contributed by atoms with Crippen LogP contribution in [0.1, 0.15) is 46.6 Å². The van der Waals surface area contributed by atoms with Crippen LogP contribution in [0.5, 0.6) is 0 Å². The Hall–Kier alpha value is -2.26. The van der Waals surface area contributed by atoms with Gasteiger partial charge in [0.2, 0.25) is 0 Å². The fraction of sp³-hybridized carbons (Fsp3) is 0.350. The molecule has 0 radical (unpaired) electrons. The van der Waals surface area contributed by atoms with Gasteiger partial charge in [0.05, 0.1) is 17.1 Å². The lowest BCUT2D eigenvalue weighted by atomic mass is 10.1. The van der Waals surface area contributed by atoms with E-state index in [1.807, 2.05) is 33.8 Å². The molecule has 0 aliphatic heterocycles. The van der Waals surface area contributed by atoms with Crippen molar-refractivity contribution in [2.24, 2.45) is 5.10 Å². The smallest absolute Gasteiger partial charge is 0.278 e. The van der Waals surface area contributed by atoms with Gasteiger partial charge in [-0.05, 0) is 36.8 Å². The molecular formula is C20H27ClF3N3O2S. The Kier molecular flexibility index (Phi) is 12.1. The summed E-state index contributed by atoms with van der Waals surface area (Å²) in [4.78, 5) is 0. The average molecular weight is 466 g/mol. The van der Waals surface area contributed by atoms with Gasteiger partial charge < -0.3 is 0 Å². The van der Waals surface area contributed by atoms with Crippen molar-refractivity contribution < 1.29 is 21.6 Å². The van der Waals surface area contributed by atoms with E-state index in [2.05, 4.69) is 10.5 Å². The molecule has 2 aromatic rings. The number of para-hydroxylation sites is 1. The molecule has 0 saturated heterocycles. The third-order valence-electron chi connectivity index (χ3n) is 3.27. The zero-order valence-electron chi connectivity index (χ0n) is 17.5. The lowest BCUT2D eigenvalue weighted by molar-refractivity contribution is -0.0429. The molecule has 2 rings (SSSR count). The first-order valence-electron chi connectivity index (χ1n) is 9.40. The van der Waals surface area contributed by atoms with Gasteiger partial charge in [0, 0.05) is 10.6 Å². The minimum absolute atomic E-state index is 0.149. The number of benzene rings is 2. The van der Waals surface area contributed by atoms with Gasteiger partial charge in [-0.25, -0.2) is 0 Å². The molecule has 0 saturated carbocycles. The lowest BCUT2D eigenvalue weighted by Crippen LogP contribution is -2.30. The molecule has 0 aromatic heterocycles. The molecule has 0 aliphatic rings. The molecule has 0 heterocycles. The van der Waals surface area contributed by atoms with E-state index in [1.165, 1.54) is 12.1 Å². The van der Waals surface area contributed by atoms with Crippen molar-refractivity contribution in [2.75, 3.05) is 10.1 Å². The van der Waals surface area contributed by atoms with Crippen molar-refractivity contribution in [3.05, 3.63) is 59.1 Å². The second-order valence-corrected chi connectivity index (χ2v) is 7.24. The number of nitrogens with zero attached hydrogens (tertiary/aromatic N) is 1. The number of sulfonamides is 1. The molecule has 2 aromatic carbocycles. The summed E-state index contributed by atoms with van der Waals surface area (Å²) in [7, 11) is -5.56. The second kappa shape index (κ2) is 13.1. The zero-order chi connectivity index (χ0) is 23.4. The first-order chi connectivity index (χ1) is 14.1. The second-order valence-electron chi connectivity index (χ2n) is 5.13. The zero-order valence-corrected chi connectivity index (χ0v) is 19.1. The van der Waals surface area contributed by atoms with E-state index < -0.39 is 15.5 Å². The van der Waals surface area contributed by atoms with Gasteiger partial charge in [0.1, 0.15) is 0 Å². The molecule has 0 bridgehead atoms. The average Bonchev–Trinajstić information content (AvgIpc) is 2.73. The SMILES string of the molecule is CC.CC.CC/C(=N\Nc1ccccc1)c1cc(Cl)ccc1NS(=O)(=O)C(F)(F)F. The number of hydrogen-bond acceptors (Lipinski definition) is 4. The van der Waals surface area contributed by atoms with E-state index in [4.69, 9.17) is 11.6 Å². The summed E-state index contributed by atoms with van der Waals surface area (Å²) < 4.78 is 62.4. The van der Waals surface area contributed by atoms with E-state index in [1.54, 1.807) is 35.9 Å². The summed E-state index contributed by atoms with van der Waals surface area (Å²) in [5.41, 5.74) is -1.77. The Balaban J connectivity index is 0.00000198. The summed E-state index contributed by atoms with van der Waals surface area (Å²) in [6.07, 6.45) is 0.320. The first kappa shape index (κ1) is 27.7. The molecule has 2 N–H and O–H groups in total. The van der Waals surface area contributed by atoms with Gasteiger partial charge in [-0.15, -0.1) is 0 Å². The predicted molar refractivity (Wildman–Crippen MR) is 120 cm³/mol. The Morgan fingerprint density at radius 2 is 1.60 bits per heavy atom. The van der Waals surface area contributed by atoms with Crippen LogP contribution in [0.3, 0.4) is 0 Å². The summed E-state index contributed by atoms with van der Waals surface area (Å²) >= 11 is 5.92. The number of nitrogens with one attached hydrogen (secondary N) is 2. The maximum absolute atomic E-state index is 12.7. The highest BCUT2D eigenvalue weighted by Crippen LogP contribution is 2.29. The van der Waals surface area contributed by atoms with Crippen LogP contribution < -0.4 is 10.1 Å². The first-order valence-corrected chi connectivity index (χ1v) is 11.3. The monoisotopic (exact) mass is 465 g/mol. The van der Waals surface area contributed by atoms with Crippen LogP contribution in [-0.4, -0.2) is 19.6 Å². The highest BCUT2D eigenvalue weighted by Gasteiger charge is 2.46. The molecule has 0 amide bonds. The third-order valence-corrected chi connectivity index (χ3v) is 4.60. The number of rotatable bonds is 6. The van der Waals surface area contributed by atoms with Crippen molar-refractivity contribution in [3.63, 3.8) is 0 Å². The molecule has 0 unspecified atom stereocenters. The van der Waals surface area contributed by atoms with Gasteiger partial charge >= 0.3 is 15.5 Å². The van der Waals surface area contributed by atoms with Crippen LogP contribution in [0.4, 0.5) is 24.5 Å². The minimum Gasteiger partial charge on any atom is -0.278 e. The molecule has 0 spiro atoms. The largest absolute Gasteiger partial charge is 0.516 e. The molecular weight excluding hydrogens is 439 g/mol. The van der Waals surface area contributed by atoms with Crippen molar-refractivity contribution in [1.82, 2.24) is 0 Å². The highest BCUT2D eigenvalue weighted by molar-refractivity contribution is 7.93. The molecule has 168 valence electrons. The molecule has 0 atom stereocenters. The van der Waals surface area contributed by atoms with Gasteiger partial charge in [0.15, 0.2) is 0 Å². The van der Waals surface area contributed by atoms with Gasteiger partial charge in [-0.1, -0.05) is 64.4 Å². The summed E-state index contributed by atoms with van der Waals surface area (Å²) in [5.74, 6) is 0. The summed E-state index contributed by atoms with van der Waals surface area (Å²) in [6.45, 7) is 9.73. The van der Waals surface area contributed by atoms with Crippen LogP contribution in [0.15, 0.2) is 53.6 Å². The normalized spacial score (nSPS) is 11.4. The minimum atomic E-state index is -5.56. The van der Waals surface area contributed by atoms with E-state index in [0.29, 0.717) is 17.8 Å². The van der Waals surface area contributed by atoms with Crippen LogP contribution in [0.2, 0.25) is 5.02 Å². The van der Waals surface area contributed by atoms with Gasteiger partial charge in [0.25, 0.3) is 0 Å². The Morgan fingerprint density at radius 3 is 2.10 bits per heavy atom. The number of hydrogen-bond donors (Lipinski definition) is 2. The van der Waals surface area contributed by atoms with E-state index in [0.717, 1.165) is 6.07 Å². The number of hydrazone groups is 1. The number of alkyl halides is 3. The van der Waals surface area contributed by atoms with Gasteiger partial charge in [-0.2, -0.15) is 26.7 Å². The van der Waals surface area contributed by atoms with Crippen LogP contribution in [-0.2, 0) is 10.0 Å². The quantitative estimate of drug-likeness (QED) is 0.361. The van der Waals surface area contributed by atoms with Crippen LogP contribution in [0, 0.1) is 0 Å². The summed E-state index contributed by atoms with van der Waals surface area (Å²) in [6, 6.07) is 12.7. The van der Waals surface area contributed by atoms with Crippen molar-refractivity contribution in [2.45, 2.75) is 46.5 Å². The van der Waals surface area contributed by atoms with E-state index in [-0.39, 0.29) is 16.3 Å². The Labute approximate surface area is 181 Å². The maximum atomic E-state index is 12.7. The molecule has 0 aliphatic carbocycles. The molecule has 0 fully saturated rings. The van der Waals surface area contributed by atoms with Gasteiger partial charge in [-0.3, -0.25) is 10.1 Å². The topological polar surface area (TPSA) is 70.6 Å². The maximum Gasteiger partial charge on any atom is 0.516 e. The standard InChI is InChI=1S/C16H15ClF3N3O2S.2C2H6/c1-2-14(22-21-12-6-4-3-5-7-12)13-10-11(17)8-9-15(13)23-26(24,25)16(18,19)20;2*1-2/h3-10,21,23H,2H2,1H3;2*1-2H3/b22-14+;;. The van der Waals surface area contributed by atoms with Crippen molar-refractivity contribution in [3.8, 4) is 0 Å². The van der Waals surface area contributed by atoms with E-state index >= 15 is 0 Å². The van der Waals surface area contributed by atoms with Crippen molar-refractivity contribution in [1.29, 1.82) is 0 Å². The van der Waals surface area contributed by atoms with Crippen LogP contribution >= 0.6 is 11.6 Å². The molecule has 30 heavy (non-hydrogen) atoms.